The van der Waals surface area contributed by atoms with Gasteiger partial charge in [-0.25, -0.2) is 0 Å². The number of aliphatic hydroxyl groups excluding tert-OH is 1. The van der Waals surface area contributed by atoms with Crippen LogP contribution in [0.15, 0.2) is 29.2 Å². The van der Waals surface area contributed by atoms with E-state index in [1.807, 2.05) is 13.8 Å². The molecule has 7 heteroatoms. The lowest BCUT2D eigenvalue weighted by molar-refractivity contribution is -0.136. The van der Waals surface area contributed by atoms with Crippen LogP contribution in [0.5, 0.6) is 5.75 Å². The van der Waals surface area contributed by atoms with Crippen LogP contribution in [0.25, 0.3) is 5.57 Å². The van der Waals surface area contributed by atoms with Crippen molar-refractivity contribution in [1.82, 2.24) is 4.90 Å². The average molecular weight is 379 g/mol. The molecule has 0 atom stereocenters. The van der Waals surface area contributed by atoms with Gasteiger partial charge in [0.1, 0.15) is 5.75 Å². The number of nitrogens with zero attached hydrogens (tertiary/aromatic N) is 1. The molecule has 2 rings (SSSR count). The molecule has 0 saturated carbocycles. The average Bonchev–Trinajstić information content (AvgIpc) is 2.87. The van der Waals surface area contributed by atoms with E-state index in [0.717, 1.165) is 0 Å². The van der Waals surface area contributed by atoms with Crippen molar-refractivity contribution in [1.29, 1.82) is 0 Å². The van der Waals surface area contributed by atoms with Crippen LogP contribution in [0.2, 0.25) is 0 Å². The van der Waals surface area contributed by atoms with Crippen molar-refractivity contribution in [2.45, 2.75) is 26.4 Å². The van der Waals surface area contributed by atoms with E-state index >= 15 is 0 Å². The van der Waals surface area contributed by atoms with E-state index < -0.39 is 0 Å². The second-order valence-corrected chi connectivity index (χ2v) is 7.14. The second-order valence-electron chi connectivity index (χ2n) is 6.04. The van der Waals surface area contributed by atoms with Gasteiger partial charge < -0.3 is 14.6 Å². The van der Waals surface area contributed by atoms with Crippen molar-refractivity contribution in [3.8, 4) is 5.75 Å². The fourth-order valence-corrected chi connectivity index (χ4v) is 3.47. The van der Waals surface area contributed by atoms with Gasteiger partial charge in [-0.2, -0.15) is 0 Å². The molecule has 0 saturated heterocycles. The topological polar surface area (TPSA) is 76.1 Å². The number of amides is 2. The molecule has 0 aromatic heterocycles. The lowest BCUT2D eigenvalue weighted by Crippen LogP contribution is -2.33. The molecule has 26 heavy (non-hydrogen) atoms. The van der Waals surface area contributed by atoms with Crippen LogP contribution < -0.4 is 4.74 Å². The zero-order valence-electron chi connectivity index (χ0n) is 15.4. The highest BCUT2D eigenvalue weighted by molar-refractivity contribution is 8.04. The number of hydrogen-bond donors (Lipinski definition) is 1. The molecule has 1 N–H and O–H groups in total. The molecule has 1 heterocycles. The molecule has 0 spiro atoms. The molecule has 0 fully saturated rings. The molecule has 1 aromatic carbocycles. The molecule has 1 aliphatic heterocycles. The van der Waals surface area contributed by atoms with Crippen LogP contribution in [-0.2, 0) is 14.3 Å². The smallest absolute Gasteiger partial charge is 0.267 e. The van der Waals surface area contributed by atoms with Gasteiger partial charge in [0.2, 0.25) is 0 Å². The standard InChI is InChI=1S/C19H25NO5S/c1-13(2)25-11-4-9-20-18(22)16(17(19(20)23)26-12-10-21)14-5-7-15(24-3)8-6-14/h5-8,13,21H,4,9-12H2,1-3H3. The summed E-state index contributed by atoms with van der Waals surface area (Å²) in [5, 5.41) is 9.11. The Kier molecular flexibility index (Phi) is 7.68. The largest absolute Gasteiger partial charge is 0.497 e. The predicted molar refractivity (Wildman–Crippen MR) is 102 cm³/mol. The second kappa shape index (κ2) is 9.75. The SMILES string of the molecule is COc1ccc(C2=C(SCCO)C(=O)N(CCCOC(C)C)C2=O)cc1. The first-order valence-electron chi connectivity index (χ1n) is 8.59. The number of hydrogen-bond acceptors (Lipinski definition) is 6. The van der Waals surface area contributed by atoms with Crippen molar-refractivity contribution in [3.05, 3.63) is 34.7 Å². The van der Waals surface area contributed by atoms with E-state index in [2.05, 4.69) is 0 Å². The van der Waals surface area contributed by atoms with Gasteiger partial charge in [0.15, 0.2) is 0 Å². The summed E-state index contributed by atoms with van der Waals surface area (Å²) in [6.45, 7) is 4.63. The molecule has 142 valence electrons. The van der Waals surface area contributed by atoms with Crippen molar-refractivity contribution in [2.24, 2.45) is 0 Å². The minimum atomic E-state index is -0.302. The molecule has 0 radical (unpaired) electrons. The first-order valence-corrected chi connectivity index (χ1v) is 9.58. The maximum Gasteiger partial charge on any atom is 0.267 e. The van der Waals surface area contributed by atoms with Crippen LogP contribution in [0.3, 0.4) is 0 Å². The number of ether oxygens (including phenoxy) is 2. The summed E-state index contributed by atoms with van der Waals surface area (Å²) in [5.41, 5.74) is 1.06. The zero-order valence-corrected chi connectivity index (χ0v) is 16.2. The fourth-order valence-electron chi connectivity index (χ4n) is 2.59. The van der Waals surface area contributed by atoms with Gasteiger partial charge in [-0.1, -0.05) is 12.1 Å². The lowest BCUT2D eigenvalue weighted by Gasteiger charge is -2.15. The number of thioether (sulfide) groups is 1. The van der Waals surface area contributed by atoms with Crippen LogP contribution in [-0.4, -0.2) is 60.5 Å². The molecule has 0 bridgehead atoms. The van der Waals surface area contributed by atoms with Gasteiger partial charge in [0.05, 0.1) is 30.3 Å². The summed E-state index contributed by atoms with van der Waals surface area (Å²) in [7, 11) is 1.57. The van der Waals surface area contributed by atoms with Gasteiger partial charge in [-0.05, 0) is 38.0 Å². The molecule has 1 aromatic rings. The van der Waals surface area contributed by atoms with Crippen LogP contribution >= 0.6 is 11.8 Å². The van der Waals surface area contributed by atoms with Gasteiger partial charge in [-0.3, -0.25) is 14.5 Å². The third-order valence-corrected chi connectivity index (χ3v) is 4.87. The van der Waals surface area contributed by atoms with Crippen LogP contribution in [0, 0.1) is 0 Å². The highest BCUT2D eigenvalue weighted by Gasteiger charge is 2.38. The Morgan fingerprint density at radius 1 is 1.15 bits per heavy atom. The first-order chi connectivity index (χ1) is 12.5. The number of carbonyl (C=O) groups excluding carboxylic acids is 2. The van der Waals surface area contributed by atoms with Crippen molar-refractivity contribution < 1.29 is 24.2 Å². The third kappa shape index (κ3) is 4.87. The van der Waals surface area contributed by atoms with Gasteiger partial charge in [0.25, 0.3) is 11.8 Å². The van der Waals surface area contributed by atoms with Crippen molar-refractivity contribution in [2.75, 3.05) is 32.6 Å². The third-order valence-electron chi connectivity index (χ3n) is 3.82. The Hall–Kier alpha value is -1.83. The summed E-state index contributed by atoms with van der Waals surface area (Å²) < 4.78 is 10.6. The van der Waals surface area contributed by atoms with E-state index in [4.69, 9.17) is 14.6 Å². The van der Waals surface area contributed by atoms with Gasteiger partial charge in [0, 0.05) is 18.9 Å². The summed E-state index contributed by atoms with van der Waals surface area (Å²) in [6.07, 6.45) is 0.701. The summed E-state index contributed by atoms with van der Waals surface area (Å²) in [4.78, 5) is 27.3. The van der Waals surface area contributed by atoms with E-state index in [1.165, 1.54) is 16.7 Å². The Morgan fingerprint density at radius 3 is 2.42 bits per heavy atom. The molecular formula is C19H25NO5S. The minimum Gasteiger partial charge on any atom is -0.497 e. The molecule has 1 aliphatic rings. The predicted octanol–water partition coefficient (Wildman–Crippen LogP) is 2.32. The number of imide groups is 1. The van der Waals surface area contributed by atoms with Crippen LogP contribution in [0.4, 0.5) is 0 Å². The quantitative estimate of drug-likeness (QED) is 0.497. The Morgan fingerprint density at radius 2 is 1.85 bits per heavy atom. The fraction of sp³-hybridized carbons (Fsp3) is 0.474. The normalized spacial score (nSPS) is 14.7. The Balaban J connectivity index is 2.20. The van der Waals surface area contributed by atoms with Gasteiger partial charge in [-0.15, -0.1) is 11.8 Å². The molecule has 0 unspecified atom stereocenters. The van der Waals surface area contributed by atoms with E-state index in [0.29, 0.717) is 47.1 Å². The van der Waals surface area contributed by atoms with Gasteiger partial charge >= 0.3 is 0 Å². The number of carbonyl (C=O) groups is 2. The summed E-state index contributed by atoms with van der Waals surface area (Å²) >= 11 is 1.21. The number of benzene rings is 1. The molecule has 6 nitrogen and oxygen atoms in total. The lowest BCUT2D eigenvalue weighted by atomic mass is 10.1. The zero-order chi connectivity index (χ0) is 19.1. The summed E-state index contributed by atoms with van der Waals surface area (Å²) in [5.74, 6) is 0.436. The first kappa shape index (κ1) is 20.5. The number of methoxy groups -OCH3 is 1. The number of aliphatic hydroxyl groups is 1. The molecule has 2 amide bonds. The van der Waals surface area contributed by atoms with E-state index in [1.54, 1.807) is 31.4 Å². The van der Waals surface area contributed by atoms with Crippen LogP contribution in [0.1, 0.15) is 25.8 Å². The molecule has 0 aliphatic carbocycles. The maximum absolute atomic E-state index is 12.9. The van der Waals surface area contributed by atoms with E-state index in [-0.39, 0.29) is 24.5 Å². The number of rotatable bonds is 10. The Labute approximate surface area is 158 Å². The maximum atomic E-state index is 12.9. The van der Waals surface area contributed by atoms with Crippen molar-refractivity contribution in [3.63, 3.8) is 0 Å². The molecular weight excluding hydrogens is 354 g/mol. The Bertz CT molecular complexity index is 669. The summed E-state index contributed by atoms with van der Waals surface area (Å²) in [6, 6.07) is 7.05. The minimum absolute atomic E-state index is 0.0617. The highest BCUT2D eigenvalue weighted by Crippen LogP contribution is 2.36. The van der Waals surface area contributed by atoms with E-state index in [9.17, 15) is 9.59 Å². The monoisotopic (exact) mass is 379 g/mol. The highest BCUT2D eigenvalue weighted by atomic mass is 32.2. The van der Waals surface area contributed by atoms with Crippen molar-refractivity contribution >= 4 is 29.1 Å².